The van der Waals surface area contributed by atoms with Gasteiger partial charge in [-0.1, -0.05) is 42.5 Å². The van der Waals surface area contributed by atoms with E-state index in [-0.39, 0.29) is 0 Å². The minimum Gasteiger partial charge on any atom is -0.303 e. The van der Waals surface area contributed by atoms with Crippen molar-refractivity contribution in [3.05, 3.63) is 59.2 Å². The molecule has 0 aliphatic carbocycles. The highest BCUT2D eigenvalue weighted by Gasteiger charge is 2.08. The van der Waals surface area contributed by atoms with E-state index in [0.29, 0.717) is 6.04 Å². The molecule has 0 spiro atoms. The van der Waals surface area contributed by atoms with E-state index in [1.165, 1.54) is 11.1 Å². The minimum atomic E-state index is 0.406. The van der Waals surface area contributed by atoms with Gasteiger partial charge in [-0.2, -0.15) is 0 Å². The van der Waals surface area contributed by atoms with Gasteiger partial charge in [0.2, 0.25) is 0 Å². The summed E-state index contributed by atoms with van der Waals surface area (Å²) in [6, 6.07) is 15.0. The Hall–Kier alpha value is -1.93. The Kier molecular flexibility index (Phi) is 4.35. The molecule has 2 aromatic rings. The van der Waals surface area contributed by atoms with Crippen LogP contribution in [0, 0.1) is 6.92 Å². The number of hydrogen-bond acceptors (Lipinski definition) is 2. The van der Waals surface area contributed by atoms with Crippen molar-refractivity contribution in [1.29, 1.82) is 0 Å². The zero-order chi connectivity index (χ0) is 14.7. The van der Waals surface area contributed by atoms with Crippen molar-refractivity contribution in [1.82, 2.24) is 4.90 Å². The number of nitrogens with zero attached hydrogens (tertiary/aromatic N) is 1. The normalized spacial score (nSPS) is 12.4. The van der Waals surface area contributed by atoms with Crippen LogP contribution in [0.15, 0.2) is 42.5 Å². The van der Waals surface area contributed by atoms with Crippen molar-refractivity contribution in [3.63, 3.8) is 0 Å². The smallest absolute Gasteiger partial charge is 0.150 e. The van der Waals surface area contributed by atoms with Gasteiger partial charge in [-0.3, -0.25) is 4.79 Å². The van der Waals surface area contributed by atoms with Crippen LogP contribution in [0.2, 0.25) is 0 Å². The van der Waals surface area contributed by atoms with E-state index < -0.39 is 0 Å². The maximum absolute atomic E-state index is 10.9. The summed E-state index contributed by atoms with van der Waals surface area (Å²) in [5.74, 6) is 0. The molecule has 0 radical (unpaired) electrons. The average Bonchev–Trinajstić information content (AvgIpc) is 2.46. The summed E-state index contributed by atoms with van der Waals surface area (Å²) >= 11 is 0. The zero-order valence-corrected chi connectivity index (χ0v) is 12.6. The molecular formula is C18H21NO. The number of carbonyl (C=O) groups is 1. The van der Waals surface area contributed by atoms with Crippen molar-refractivity contribution in [3.8, 4) is 11.1 Å². The molecule has 0 N–H and O–H groups in total. The number of aryl methyl sites for hydroxylation is 1. The molecule has 0 fully saturated rings. The van der Waals surface area contributed by atoms with Crippen LogP contribution >= 0.6 is 0 Å². The molecule has 0 heterocycles. The first-order chi connectivity index (χ1) is 9.52. The first-order valence-electron chi connectivity index (χ1n) is 6.85. The van der Waals surface area contributed by atoms with Gasteiger partial charge in [-0.25, -0.2) is 0 Å². The summed E-state index contributed by atoms with van der Waals surface area (Å²) in [7, 11) is 4.17. The second-order valence-corrected chi connectivity index (χ2v) is 5.45. The monoisotopic (exact) mass is 267 g/mol. The molecule has 0 aromatic heterocycles. The van der Waals surface area contributed by atoms with E-state index in [9.17, 15) is 4.79 Å². The predicted molar refractivity (Wildman–Crippen MR) is 84.1 cm³/mol. The van der Waals surface area contributed by atoms with Crippen molar-refractivity contribution < 1.29 is 4.79 Å². The largest absolute Gasteiger partial charge is 0.303 e. The molecule has 2 rings (SSSR count). The molecule has 2 heteroatoms. The van der Waals surface area contributed by atoms with Gasteiger partial charge < -0.3 is 4.90 Å². The molecular weight excluding hydrogens is 246 g/mol. The van der Waals surface area contributed by atoms with E-state index in [1.807, 2.05) is 19.1 Å². The summed E-state index contributed by atoms with van der Waals surface area (Å²) in [6.45, 7) is 4.16. The average molecular weight is 267 g/mol. The molecule has 0 saturated heterocycles. The molecule has 0 aliphatic rings. The van der Waals surface area contributed by atoms with Crippen LogP contribution in [-0.2, 0) is 0 Å². The molecule has 1 unspecified atom stereocenters. The lowest BCUT2D eigenvalue weighted by Crippen LogP contribution is -2.16. The van der Waals surface area contributed by atoms with Crippen molar-refractivity contribution in [2.24, 2.45) is 0 Å². The summed E-state index contributed by atoms with van der Waals surface area (Å²) in [5.41, 5.74) is 5.41. The molecule has 0 amide bonds. The summed E-state index contributed by atoms with van der Waals surface area (Å²) in [5, 5.41) is 0. The second kappa shape index (κ2) is 6.02. The van der Waals surface area contributed by atoms with E-state index in [1.54, 1.807) is 0 Å². The number of hydrogen-bond donors (Lipinski definition) is 0. The highest BCUT2D eigenvalue weighted by molar-refractivity contribution is 5.79. The van der Waals surface area contributed by atoms with Gasteiger partial charge in [0.15, 0.2) is 0 Å². The fourth-order valence-corrected chi connectivity index (χ4v) is 2.24. The molecule has 0 saturated carbocycles. The molecule has 2 nitrogen and oxygen atoms in total. The Balaban J connectivity index is 2.30. The van der Waals surface area contributed by atoms with Crippen LogP contribution in [0.25, 0.3) is 11.1 Å². The fraction of sp³-hybridized carbons (Fsp3) is 0.278. The Bertz CT molecular complexity index is 599. The maximum Gasteiger partial charge on any atom is 0.150 e. The van der Waals surface area contributed by atoms with Gasteiger partial charge in [0, 0.05) is 11.6 Å². The molecule has 1 atom stereocenters. The molecule has 2 aromatic carbocycles. The first kappa shape index (κ1) is 14.5. The lowest BCUT2D eigenvalue weighted by atomic mass is 9.98. The highest BCUT2D eigenvalue weighted by atomic mass is 16.1. The first-order valence-corrected chi connectivity index (χ1v) is 6.85. The van der Waals surface area contributed by atoms with Gasteiger partial charge in [-0.05, 0) is 50.2 Å². The van der Waals surface area contributed by atoms with Crippen LogP contribution in [0.5, 0.6) is 0 Å². The maximum atomic E-state index is 10.9. The van der Waals surface area contributed by atoms with Crippen LogP contribution in [0.3, 0.4) is 0 Å². The zero-order valence-electron chi connectivity index (χ0n) is 12.6. The van der Waals surface area contributed by atoms with Crippen LogP contribution in [0.4, 0.5) is 0 Å². The van der Waals surface area contributed by atoms with Gasteiger partial charge in [0.05, 0.1) is 0 Å². The fourth-order valence-electron chi connectivity index (χ4n) is 2.24. The van der Waals surface area contributed by atoms with Gasteiger partial charge in [-0.15, -0.1) is 0 Å². The number of rotatable bonds is 4. The van der Waals surface area contributed by atoms with Crippen molar-refractivity contribution in [2.75, 3.05) is 14.1 Å². The van der Waals surface area contributed by atoms with Gasteiger partial charge >= 0.3 is 0 Å². The minimum absolute atomic E-state index is 0.406. The molecule has 0 bridgehead atoms. The number of benzene rings is 2. The van der Waals surface area contributed by atoms with Gasteiger partial charge in [0.25, 0.3) is 0 Å². The van der Waals surface area contributed by atoms with Crippen LogP contribution in [-0.4, -0.2) is 25.3 Å². The SMILES string of the molecule is Cc1cc(-c2ccc(C(C)N(C)C)cc2)ccc1C=O. The molecule has 20 heavy (non-hydrogen) atoms. The molecule has 104 valence electrons. The number of aldehydes is 1. The Labute approximate surface area is 121 Å². The van der Waals surface area contributed by atoms with Crippen LogP contribution < -0.4 is 0 Å². The topological polar surface area (TPSA) is 20.3 Å². The quantitative estimate of drug-likeness (QED) is 0.777. The third kappa shape index (κ3) is 2.97. The summed E-state index contributed by atoms with van der Waals surface area (Å²) in [4.78, 5) is 13.0. The van der Waals surface area contributed by atoms with Crippen molar-refractivity contribution >= 4 is 6.29 Å². The van der Waals surface area contributed by atoms with Crippen LogP contribution in [0.1, 0.15) is 34.5 Å². The second-order valence-electron chi connectivity index (χ2n) is 5.45. The standard InChI is InChI=1S/C18H21NO/c1-13-11-17(9-10-18(13)12-20)16-7-5-15(6-8-16)14(2)19(3)4/h5-12,14H,1-4H3. The van der Waals surface area contributed by atoms with E-state index >= 15 is 0 Å². The summed E-state index contributed by atoms with van der Waals surface area (Å²) < 4.78 is 0. The van der Waals surface area contributed by atoms with Gasteiger partial charge in [0.1, 0.15) is 6.29 Å². The predicted octanol–water partition coefficient (Wildman–Crippen LogP) is 4.10. The van der Waals surface area contributed by atoms with E-state index in [4.69, 9.17) is 0 Å². The number of carbonyl (C=O) groups excluding carboxylic acids is 1. The Morgan fingerprint density at radius 1 is 1.00 bits per heavy atom. The summed E-state index contributed by atoms with van der Waals surface area (Å²) in [6.07, 6.45) is 0.904. The third-order valence-corrected chi connectivity index (χ3v) is 3.90. The molecule has 0 aliphatic heterocycles. The third-order valence-electron chi connectivity index (χ3n) is 3.90. The lowest BCUT2D eigenvalue weighted by Gasteiger charge is -2.20. The van der Waals surface area contributed by atoms with Crippen molar-refractivity contribution in [2.45, 2.75) is 19.9 Å². The highest BCUT2D eigenvalue weighted by Crippen LogP contribution is 2.25. The Morgan fingerprint density at radius 2 is 1.60 bits per heavy atom. The van der Waals surface area contributed by atoms with E-state index in [0.717, 1.165) is 23.0 Å². The lowest BCUT2D eigenvalue weighted by molar-refractivity contribution is 0.112. The van der Waals surface area contributed by atoms with E-state index in [2.05, 4.69) is 56.3 Å². The Morgan fingerprint density at radius 3 is 2.10 bits per heavy atom.